The number of fused-ring (bicyclic) bond motifs is 1. The third-order valence-corrected chi connectivity index (χ3v) is 5.53. The first-order chi connectivity index (χ1) is 10.4. The normalized spacial score (nSPS) is 16.6. The van der Waals surface area contributed by atoms with Crippen LogP contribution in [0.15, 0.2) is 29.6 Å². The highest BCUT2D eigenvalue weighted by Gasteiger charge is 2.23. The molecule has 130 valence electrons. The summed E-state index contributed by atoms with van der Waals surface area (Å²) in [6, 6.07) is 9.49. The lowest BCUT2D eigenvalue weighted by Crippen LogP contribution is -2.45. The molecule has 5 heteroatoms. The number of unbranched alkanes of at least 4 members (excludes halogenated alkanes) is 2. The number of nitrogens with one attached hydrogen (secondary N) is 1. The molecule has 2 nitrogen and oxygen atoms in total. The van der Waals surface area contributed by atoms with E-state index >= 15 is 0 Å². The van der Waals surface area contributed by atoms with Crippen LogP contribution in [0.3, 0.4) is 0 Å². The van der Waals surface area contributed by atoms with Crippen molar-refractivity contribution in [3.05, 3.63) is 35.2 Å². The predicted molar refractivity (Wildman–Crippen MR) is 108 cm³/mol. The molecule has 1 aromatic heterocycles. The van der Waals surface area contributed by atoms with Gasteiger partial charge in [-0.25, -0.2) is 0 Å². The second kappa shape index (κ2) is 10.5. The van der Waals surface area contributed by atoms with E-state index in [4.69, 9.17) is 0 Å². The van der Waals surface area contributed by atoms with Crippen molar-refractivity contribution in [1.29, 1.82) is 0 Å². The van der Waals surface area contributed by atoms with Crippen molar-refractivity contribution in [3.8, 4) is 0 Å². The lowest BCUT2D eigenvalue weighted by atomic mass is 9.97. The zero-order valence-electron chi connectivity index (χ0n) is 13.8. The average molecular weight is 375 g/mol. The van der Waals surface area contributed by atoms with E-state index in [0.717, 1.165) is 13.1 Å². The van der Waals surface area contributed by atoms with Crippen LogP contribution < -0.4 is 5.32 Å². The van der Waals surface area contributed by atoms with Gasteiger partial charge in [-0.3, -0.25) is 4.90 Å². The van der Waals surface area contributed by atoms with E-state index in [9.17, 15) is 0 Å². The van der Waals surface area contributed by atoms with Crippen molar-refractivity contribution >= 4 is 46.2 Å². The highest BCUT2D eigenvalue weighted by molar-refractivity contribution is 7.17. The Balaban J connectivity index is 0.00000132. The first kappa shape index (κ1) is 20.7. The largest absolute Gasteiger partial charge is 0.314 e. The summed E-state index contributed by atoms with van der Waals surface area (Å²) in [6.45, 7) is 6.92. The van der Waals surface area contributed by atoms with Gasteiger partial charge in [0.2, 0.25) is 0 Å². The molecule has 1 fully saturated rings. The Bertz CT molecular complexity index is 567. The second-order valence-electron chi connectivity index (χ2n) is 5.98. The summed E-state index contributed by atoms with van der Waals surface area (Å²) < 4.78 is 1.43. The molecule has 1 saturated heterocycles. The number of hydrogen-bond acceptors (Lipinski definition) is 3. The Morgan fingerprint density at radius 1 is 1.13 bits per heavy atom. The number of nitrogens with zero attached hydrogens (tertiary/aromatic N) is 1. The third kappa shape index (κ3) is 5.07. The summed E-state index contributed by atoms with van der Waals surface area (Å²) in [7, 11) is 0. The Labute approximate surface area is 156 Å². The van der Waals surface area contributed by atoms with Crippen molar-refractivity contribution in [1.82, 2.24) is 10.2 Å². The zero-order valence-corrected chi connectivity index (χ0v) is 16.2. The van der Waals surface area contributed by atoms with Gasteiger partial charge in [0.1, 0.15) is 0 Å². The summed E-state index contributed by atoms with van der Waals surface area (Å²) in [5.41, 5.74) is 1.56. The molecule has 3 rings (SSSR count). The lowest BCUT2D eigenvalue weighted by Gasteiger charge is -2.35. The van der Waals surface area contributed by atoms with Crippen LogP contribution in [0, 0.1) is 0 Å². The highest BCUT2D eigenvalue weighted by Crippen LogP contribution is 2.36. The van der Waals surface area contributed by atoms with E-state index in [1.165, 1.54) is 48.9 Å². The van der Waals surface area contributed by atoms with Gasteiger partial charge >= 0.3 is 0 Å². The van der Waals surface area contributed by atoms with Crippen molar-refractivity contribution in [2.75, 3.05) is 26.2 Å². The molecule has 2 heterocycles. The molecule has 23 heavy (non-hydrogen) atoms. The molecular formula is C18H28Cl2N2S. The molecule has 0 amide bonds. The number of hydrogen-bond donors (Lipinski definition) is 1. The quantitative estimate of drug-likeness (QED) is 0.692. The van der Waals surface area contributed by atoms with Crippen LogP contribution in [-0.4, -0.2) is 31.1 Å². The number of rotatable bonds is 6. The van der Waals surface area contributed by atoms with Gasteiger partial charge in [0.15, 0.2) is 0 Å². The minimum absolute atomic E-state index is 0. The van der Waals surface area contributed by atoms with Gasteiger partial charge in [-0.1, -0.05) is 44.4 Å². The van der Waals surface area contributed by atoms with Crippen molar-refractivity contribution < 1.29 is 0 Å². The first-order valence-electron chi connectivity index (χ1n) is 8.31. The lowest BCUT2D eigenvalue weighted by molar-refractivity contribution is 0.164. The molecule has 1 aliphatic rings. The first-order valence-corrected chi connectivity index (χ1v) is 9.19. The molecular weight excluding hydrogens is 347 g/mol. The molecule has 1 atom stereocenters. The summed E-state index contributed by atoms with van der Waals surface area (Å²) >= 11 is 1.90. The van der Waals surface area contributed by atoms with Gasteiger partial charge in [-0.05, 0) is 28.8 Å². The monoisotopic (exact) mass is 374 g/mol. The van der Waals surface area contributed by atoms with E-state index < -0.39 is 0 Å². The number of piperazine rings is 1. The van der Waals surface area contributed by atoms with Crippen molar-refractivity contribution in [3.63, 3.8) is 0 Å². The van der Waals surface area contributed by atoms with E-state index in [1.54, 1.807) is 5.56 Å². The van der Waals surface area contributed by atoms with Gasteiger partial charge in [0.05, 0.1) is 0 Å². The van der Waals surface area contributed by atoms with Gasteiger partial charge in [0, 0.05) is 36.9 Å². The standard InChI is InChI=1S/C18H26N2S.2ClH/c1-2-3-4-8-17(20-12-10-19-11-13-20)16-14-21-18-9-6-5-7-15(16)18;;/h5-7,9,14,17,19H,2-4,8,10-13H2,1H3;2*1H/t17-;;/m0../s1. The van der Waals surface area contributed by atoms with Crippen LogP contribution in [0.4, 0.5) is 0 Å². The number of thiophene rings is 1. The topological polar surface area (TPSA) is 15.3 Å². The Kier molecular flexibility index (Phi) is 9.48. The molecule has 0 unspecified atom stereocenters. The minimum Gasteiger partial charge on any atom is -0.314 e. The predicted octanol–water partition coefficient (Wildman–Crippen LogP) is 5.27. The van der Waals surface area contributed by atoms with Gasteiger partial charge in [0.25, 0.3) is 0 Å². The maximum Gasteiger partial charge on any atom is 0.0363 e. The Morgan fingerprint density at radius 2 is 1.87 bits per heavy atom. The van der Waals surface area contributed by atoms with E-state index in [2.05, 4.69) is 46.8 Å². The minimum atomic E-state index is 0. The van der Waals surface area contributed by atoms with Crippen LogP contribution in [0.2, 0.25) is 0 Å². The molecule has 0 aliphatic carbocycles. The van der Waals surface area contributed by atoms with E-state index in [0.29, 0.717) is 6.04 Å². The maximum absolute atomic E-state index is 3.48. The fraction of sp³-hybridized carbons (Fsp3) is 0.556. The molecule has 2 aromatic rings. The molecule has 0 bridgehead atoms. The fourth-order valence-corrected chi connectivity index (χ4v) is 4.38. The van der Waals surface area contributed by atoms with Crippen molar-refractivity contribution in [2.24, 2.45) is 0 Å². The van der Waals surface area contributed by atoms with Gasteiger partial charge < -0.3 is 5.32 Å². The van der Waals surface area contributed by atoms with Crippen LogP contribution in [0.5, 0.6) is 0 Å². The zero-order chi connectivity index (χ0) is 14.5. The smallest absolute Gasteiger partial charge is 0.0363 e. The highest BCUT2D eigenvalue weighted by atomic mass is 35.5. The van der Waals surface area contributed by atoms with Crippen LogP contribution in [0.1, 0.15) is 44.2 Å². The molecule has 0 radical (unpaired) electrons. The van der Waals surface area contributed by atoms with Crippen LogP contribution >= 0.6 is 36.2 Å². The number of benzene rings is 1. The van der Waals surface area contributed by atoms with E-state index in [-0.39, 0.29) is 24.8 Å². The summed E-state index contributed by atoms with van der Waals surface area (Å²) in [5.74, 6) is 0. The summed E-state index contributed by atoms with van der Waals surface area (Å²) in [5, 5.41) is 7.36. The van der Waals surface area contributed by atoms with Gasteiger partial charge in [-0.15, -0.1) is 36.2 Å². The molecule has 1 N–H and O–H groups in total. The average Bonchev–Trinajstić information content (AvgIpc) is 2.96. The second-order valence-corrected chi connectivity index (χ2v) is 6.90. The Hall–Kier alpha value is -0.320. The van der Waals surface area contributed by atoms with Crippen LogP contribution in [-0.2, 0) is 0 Å². The summed E-state index contributed by atoms with van der Waals surface area (Å²) in [6.07, 6.45) is 5.30. The molecule has 0 spiro atoms. The molecule has 1 aliphatic heterocycles. The third-order valence-electron chi connectivity index (χ3n) is 4.54. The fourth-order valence-electron chi connectivity index (χ4n) is 3.37. The maximum atomic E-state index is 3.48. The van der Waals surface area contributed by atoms with Crippen molar-refractivity contribution in [2.45, 2.75) is 38.6 Å². The van der Waals surface area contributed by atoms with Crippen LogP contribution in [0.25, 0.3) is 10.1 Å². The van der Waals surface area contributed by atoms with Gasteiger partial charge in [-0.2, -0.15) is 0 Å². The SMILES string of the molecule is CCCCC[C@@H](c1csc2ccccc12)N1CCNCC1.Cl.Cl. The summed E-state index contributed by atoms with van der Waals surface area (Å²) in [4.78, 5) is 2.70. The Morgan fingerprint density at radius 3 is 2.61 bits per heavy atom. The molecule has 0 saturated carbocycles. The number of halogens is 2. The van der Waals surface area contributed by atoms with E-state index in [1.807, 2.05) is 11.3 Å². The molecule has 1 aromatic carbocycles.